The van der Waals surface area contributed by atoms with E-state index in [9.17, 15) is 5.11 Å². The van der Waals surface area contributed by atoms with Crippen molar-refractivity contribution in [3.63, 3.8) is 0 Å². The number of hydrogen-bond acceptors (Lipinski definition) is 1. The summed E-state index contributed by atoms with van der Waals surface area (Å²) in [6.07, 6.45) is 0. The monoisotopic (exact) mass is 313 g/mol. The molecular weight excluding hydrogens is 294 g/mol. The van der Waals surface area contributed by atoms with Crippen LogP contribution < -0.4 is 0 Å². The minimum Gasteiger partial charge on any atom is -0.507 e. The van der Waals surface area contributed by atoms with E-state index in [0.717, 1.165) is 23.1 Å². The summed E-state index contributed by atoms with van der Waals surface area (Å²) >= 11 is 0. The molecule has 2 nitrogen and oxygen atoms in total. The van der Waals surface area contributed by atoms with E-state index in [0.29, 0.717) is 5.75 Å². The Morgan fingerprint density at radius 1 is 0.833 bits per heavy atom. The van der Waals surface area contributed by atoms with Crippen LogP contribution in [0.5, 0.6) is 5.75 Å². The minimum absolute atomic E-state index is 0.339. The zero-order chi connectivity index (χ0) is 16.5. The average Bonchev–Trinajstić information content (AvgIpc) is 2.94. The van der Waals surface area contributed by atoms with E-state index in [4.69, 9.17) is 0 Å². The van der Waals surface area contributed by atoms with Gasteiger partial charge in [-0.2, -0.15) is 0 Å². The standard InChI is InChI=1S/C22H19NO/c1-16-14-20-21(12-7-13-22(20)24)23(16)15-18-10-5-6-11-19(18)17-8-3-2-4-9-17/h2-14,24H,15H2,1H3. The first-order chi connectivity index (χ1) is 11.7. The number of benzene rings is 3. The van der Waals surface area contributed by atoms with Gasteiger partial charge in [-0.05, 0) is 41.8 Å². The fraction of sp³-hybridized carbons (Fsp3) is 0.0909. The Morgan fingerprint density at radius 2 is 1.58 bits per heavy atom. The molecule has 3 aromatic carbocycles. The van der Waals surface area contributed by atoms with Gasteiger partial charge in [-0.15, -0.1) is 0 Å². The van der Waals surface area contributed by atoms with Crippen LogP contribution in [-0.4, -0.2) is 9.67 Å². The van der Waals surface area contributed by atoms with Crippen molar-refractivity contribution in [2.75, 3.05) is 0 Å². The van der Waals surface area contributed by atoms with Gasteiger partial charge in [0.2, 0.25) is 0 Å². The van der Waals surface area contributed by atoms with Crippen molar-refractivity contribution in [1.29, 1.82) is 0 Å². The van der Waals surface area contributed by atoms with Gasteiger partial charge >= 0.3 is 0 Å². The molecule has 4 rings (SSSR count). The van der Waals surface area contributed by atoms with Crippen molar-refractivity contribution in [3.8, 4) is 16.9 Å². The second kappa shape index (κ2) is 5.89. The number of nitrogens with zero attached hydrogens (tertiary/aromatic N) is 1. The molecule has 1 heterocycles. The van der Waals surface area contributed by atoms with E-state index in [1.54, 1.807) is 6.07 Å². The van der Waals surface area contributed by atoms with Gasteiger partial charge in [0.05, 0.1) is 5.52 Å². The number of aromatic hydroxyl groups is 1. The van der Waals surface area contributed by atoms with Crippen molar-refractivity contribution in [1.82, 2.24) is 4.57 Å². The van der Waals surface area contributed by atoms with E-state index in [-0.39, 0.29) is 0 Å². The number of aryl methyl sites for hydroxylation is 1. The second-order valence-electron chi connectivity index (χ2n) is 6.10. The fourth-order valence-electron chi connectivity index (χ4n) is 3.34. The molecule has 0 spiro atoms. The van der Waals surface area contributed by atoms with Crippen LogP contribution in [0.1, 0.15) is 11.3 Å². The number of phenols is 1. The first-order valence-corrected chi connectivity index (χ1v) is 8.15. The Balaban J connectivity index is 1.83. The van der Waals surface area contributed by atoms with Crippen molar-refractivity contribution in [3.05, 3.63) is 90.1 Å². The minimum atomic E-state index is 0.339. The van der Waals surface area contributed by atoms with Crippen LogP contribution in [0.3, 0.4) is 0 Å². The van der Waals surface area contributed by atoms with Crippen molar-refractivity contribution in [2.45, 2.75) is 13.5 Å². The first kappa shape index (κ1) is 14.6. The number of aromatic nitrogens is 1. The number of fused-ring (bicyclic) bond motifs is 1. The summed E-state index contributed by atoms with van der Waals surface area (Å²) in [5.41, 5.74) is 5.96. The SMILES string of the molecule is Cc1cc2c(O)cccc2n1Cc1ccccc1-c1ccccc1. The molecule has 0 fully saturated rings. The molecule has 118 valence electrons. The van der Waals surface area contributed by atoms with E-state index in [1.807, 2.05) is 12.1 Å². The quantitative estimate of drug-likeness (QED) is 0.540. The van der Waals surface area contributed by atoms with E-state index < -0.39 is 0 Å². The van der Waals surface area contributed by atoms with Crippen LogP contribution in [0.4, 0.5) is 0 Å². The first-order valence-electron chi connectivity index (χ1n) is 8.15. The molecule has 0 radical (unpaired) electrons. The molecule has 0 aliphatic rings. The maximum atomic E-state index is 10.1. The topological polar surface area (TPSA) is 25.2 Å². The summed E-state index contributed by atoms with van der Waals surface area (Å²) < 4.78 is 2.26. The summed E-state index contributed by atoms with van der Waals surface area (Å²) in [7, 11) is 0. The van der Waals surface area contributed by atoms with Gasteiger partial charge in [0.15, 0.2) is 0 Å². The molecule has 4 aromatic rings. The summed E-state index contributed by atoms with van der Waals surface area (Å²) in [6.45, 7) is 2.87. The van der Waals surface area contributed by atoms with Crippen molar-refractivity contribution >= 4 is 10.9 Å². The molecule has 0 bridgehead atoms. The van der Waals surface area contributed by atoms with Gasteiger partial charge in [0, 0.05) is 17.6 Å². The van der Waals surface area contributed by atoms with Crippen LogP contribution in [0.25, 0.3) is 22.0 Å². The summed E-state index contributed by atoms with van der Waals surface area (Å²) in [6, 6.07) is 26.7. The van der Waals surface area contributed by atoms with Gasteiger partial charge in [-0.3, -0.25) is 0 Å². The molecule has 0 saturated carbocycles. The number of rotatable bonds is 3. The zero-order valence-corrected chi connectivity index (χ0v) is 13.6. The lowest BCUT2D eigenvalue weighted by Gasteiger charge is -2.13. The summed E-state index contributed by atoms with van der Waals surface area (Å²) in [5.74, 6) is 0.339. The molecule has 0 atom stereocenters. The Morgan fingerprint density at radius 3 is 2.42 bits per heavy atom. The highest BCUT2D eigenvalue weighted by Crippen LogP contribution is 2.30. The normalized spacial score (nSPS) is 11.0. The average molecular weight is 313 g/mol. The van der Waals surface area contributed by atoms with E-state index >= 15 is 0 Å². The van der Waals surface area contributed by atoms with Crippen LogP contribution in [0, 0.1) is 6.92 Å². The van der Waals surface area contributed by atoms with E-state index in [1.165, 1.54) is 16.7 Å². The maximum Gasteiger partial charge on any atom is 0.124 e. The van der Waals surface area contributed by atoms with Crippen LogP contribution >= 0.6 is 0 Å². The van der Waals surface area contributed by atoms with Crippen LogP contribution in [0.2, 0.25) is 0 Å². The molecule has 1 aromatic heterocycles. The summed E-state index contributed by atoms with van der Waals surface area (Å²) in [5, 5.41) is 11.0. The van der Waals surface area contributed by atoms with Gasteiger partial charge < -0.3 is 9.67 Å². The zero-order valence-electron chi connectivity index (χ0n) is 13.6. The largest absolute Gasteiger partial charge is 0.507 e. The third-order valence-electron chi connectivity index (χ3n) is 4.56. The molecule has 0 unspecified atom stereocenters. The van der Waals surface area contributed by atoms with Gasteiger partial charge in [0.1, 0.15) is 5.75 Å². The smallest absolute Gasteiger partial charge is 0.124 e. The lowest BCUT2D eigenvalue weighted by Crippen LogP contribution is -2.03. The highest BCUT2D eigenvalue weighted by molar-refractivity contribution is 5.87. The molecule has 0 aliphatic heterocycles. The van der Waals surface area contributed by atoms with Gasteiger partial charge in [-0.1, -0.05) is 60.7 Å². The third kappa shape index (κ3) is 2.46. The molecule has 24 heavy (non-hydrogen) atoms. The van der Waals surface area contributed by atoms with Gasteiger partial charge in [-0.25, -0.2) is 0 Å². The van der Waals surface area contributed by atoms with Crippen LogP contribution in [-0.2, 0) is 6.54 Å². The highest BCUT2D eigenvalue weighted by Gasteiger charge is 2.11. The summed E-state index contributed by atoms with van der Waals surface area (Å²) in [4.78, 5) is 0. The second-order valence-corrected chi connectivity index (χ2v) is 6.10. The molecular formula is C22H19NO. The Kier molecular flexibility index (Phi) is 3.58. The number of hydrogen-bond donors (Lipinski definition) is 1. The molecule has 1 N–H and O–H groups in total. The van der Waals surface area contributed by atoms with Crippen molar-refractivity contribution < 1.29 is 5.11 Å². The molecule has 0 aliphatic carbocycles. The molecule has 2 heteroatoms. The predicted octanol–water partition coefficient (Wildman–Crippen LogP) is 5.37. The predicted molar refractivity (Wildman–Crippen MR) is 99.3 cm³/mol. The maximum absolute atomic E-state index is 10.1. The molecule has 0 amide bonds. The third-order valence-corrected chi connectivity index (χ3v) is 4.56. The van der Waals surface area contributed by atoms with Crippen molar-refractivity contribution in [2.24, 2.45) is 0 Å². The number of phenolic OH excluding ortho intramolecular Hbond substituents is 1. The highest BCUT2D eigenvalue weighted by atomic mass is 16.3. The lowest BCUT2D eigenvalue weighted by molar-refractivity contribution is 0.481. The fourth-order valence-corrected chi connectivity index (χ4v) is 3.34. The van der Waals surface area contributed by atoms with E-state index in [2.05, 4.69) is 72.2 Å². The Labute approximate surface area is 141 Å². The van der Waals surface area contributed by atoms with Gasteiger partial charge in [0.25, 0.3) is 0 Å². The lowest BCUT2D eigenvalue weighted by atomic mass is 9.99. The Bertz CT molecular complexity index is 999. The molecule has 0 saturated heterocycles. The van der Waals surface area contributed by atoms with Crippen LogP contribution in [0.15, 0.2) is 78.9 Å². The Hall–Kier alpha value is -3.00.